The van der Waals surface area contributed by atoms with Crippen molar-refractivity contribution >= 4 is 17.1 Å². The van der Waals surface area contributed by atoms with Crippen LogP contribution >= 0.6 is 11.3 Å². The van der Waals surface area contributed by atoms with E-state index in [0.717, 1.165) is 40.5 Å². The Bertz CT molecular complexity index is 1080. The summed E-state index contributed by atoms with van der Waals surface area (Å²) in [6.45, 7) is 6.87. The monoisotopic (exact) mass is 418 g/mol. The maximum absolute atomic E-state index is 13.4. The van der Waals surface area contributed by atoms with Crippen LogP contribution in [0.15, 0.2) is 41.9 Å². The maximum Gasteiger partial charge on any atom is 0.178 e. The van der Waals surface area contributed by atoms with Crippen LogP contribution in [0.1, 0.15) is 54.7 Å². The smallest absolute Gasteiger partial charge is 0.178 e. The van der Waals surface area contributed by atoms with Crippen molar-refractivity contribution < 1.29 is 4.79 Å². The predicted octanol–water partition coefficient (Wildman–Crippen LogP) is 5.23. The normalized spacial score (nSPS) is 19.1. The molecule has 6 heteroatoms. The number of rotatable bonds is 6. The molecule has 0 radical (unpaired) electrons. The van der Waals surface area contributed by atoms with Gasteiger partial charge in [-0.05, 0) is 63.4 Å². The molecule has 1 aliphatic heterocycles. The molecular weight excluding hydrogens is 392 g/mol. The lowest BCUT2D eigenvalue weighted by molar-refractivity contribution is 0.0888. The predicted molar refractivity (Wildman–Crippen MR) is 120 cm³/mol. The number of hydrogen-bond acceptors (Lipinski definition) is 5. The van der Waals surface area contributed by atoms with E-state index in [1.165, 1.54) is 6.42 Å². The van der Waals surface area contributed by atoms with Gasteiger partial charge in [-0.2, -0.15) is 5.26 Å². The van der Waals surface area contributed by atoms with Gasteiger partial charge in [-0.15, -0.1) is 11.3 Å². The Kier molecular flexibility index (Phi) is 5.85. The van der Waals surface area contributed by atoms with E-state index in [0.29, 0.717) is 24.2 Å². The van der Waals surface area contributed by atoms with Crippen LogP contribution in [0.2, 0.25) is 0 Å². The minimum Gasteiger partial charge on any atom is -0.311 e. The molecule has 30 heavy (non-hydrogen) atoms. The fourth-order valence-corrected chi connectivity index (χ4v) is 5.16. The summed E-state index contributed by atoms with van der Waals surface area (Å²) in [7, 11) is 0. The summed E-state index contributed by atoms with van der Waals surface area (Å²) in [5.74, 6) is 0.157. The Hall–Kier alpha value is -2.75. The van der Waals surface area contributed by atoms with Crippen molar-refractivity contribution in [1.29, 1.82) is 5.26 Å². The number of hydrogen-bond donors (Lipinski definition) is 0. The van der Waals surface area contributed by atoms with E-state index in [9.17, 15) is 4.79 Å². The number of benzene rings is 1. The Morgan fingerprint density at radius 2 is 2.07 bits per heavy atom. The molecule has 1 aromatic carbocycles. The number of aromatic nitrogens is 2. The summed E-state index contributed by atoms with van der Waals surface area (Å²) in [5.41, 5.74) is 4.12. The van der Waals surface area contributed by atoms with Crippen LogP contribution in [0.25, 0.3) is 16.4 Å². The van der Waals surface area contributed by atoms with Crippen molar-refractivity contribution in [2.45, 2.75) is 52.1 Å². The van der Waals surface area contributed by atoms with Crippen LogP contribution in [-0.4, -0.2) is 38.9 Å². The third-order valence-electron chi connectivity index (χ3n) is 6.20. The van der Waals surface area contributed by atoms with E-state index in [1.807, 2.05) is 30.5 Å². The van der Waals surface area contributed by atoms with Crippen molar-refractivity contribution in [3.05, 3.63) is 58.7 Å². The van der Waals surface area contributed by atoms with Gasteiger partial charge < -0.3 is 4.57 Å². The fourth-order valence-electron chi connectivity index (χ4n) is 4.51. The largest absolute Gasteiger partial charge is 0.311 e. The lowest BCUT2D eigenvalue weighted by atomic mass is 10.1. The van der Waals surface area contributed by atoms with E-state index in [-0.39, 0.29) is 5.78 Å². The standard InChI is InChI=1S/C24H26N4OS/c1-4-19-8-5-16(2)27(19)15-23(29)21-13-22(24-26-11-12-30-24)28(17(21)3)20-9-6-18(14-25)7-10-20/h6-7,9-13,16,19H,4-5,8,15H2,1-3H3. The highest BCUT2D eigenvalue weighted by Gasteiger charge is 2.32. The average Bonchev–Trinajstić information content (AvgIpc) is 3.48. The average molecular weight is 419 g/mol. The molecule has 0 amide bonds. The summed E-state index contributed by atoms with van der Waals surface area (Å²) < 4.78 is 2.08. The Morgan fingerprint density at radius 3 is 2.70 bits per heavy atom. The molecule has 0 saturated carbocycles. The molecule has 0 spiro atoms. The van der Waals surface area contributed by atoms with Gasteiger partial charge in [0.15, 0.2) is 5.78 Å². The molecule has 1 aliphatic rings. The van der Waals surface area contributed by atoms with Gasteiger partial charge in [0.2, 0.25) is 0 Å². The Labute approximate surface area is 181 Å². The molecule has 154 valence electrons. The molecule has 5 nitrogen and oxygen atoms in total. The molecule has 1 fully saturated rings. The quantitative estimate of drug-likeness (QED) is 0.515. The van der Waals surface area contributed by atoms with Crippen molar-refractivity contribution in [1.82, 2.24) is 14.5 Å². The molecule has 0 N–H and O–H groups in total. The second kappa shape index (κ2) is 8.55. The number of thiazole rings is 1. The van der Waals surface area contributed by atoms with E-state index in [2.05, 4.69) is 34.4 Å². The topological polar surface area (TPSA) is 61.9 Å². The molecule has 3 heterocycles. The Morgan fingerprint density at radius 1 is 1.30 bits per heavy atom. The van der Waals surface area contributed by atoms with E-state index < -0.39 is 0 Å². The number of nitrogens with zero attached hydrogens (tertiary/aromatic N) is 4. The summed E-state index contributed by atoms with van der Waals surface area (Å²) in [6.07, 6.45) is 5.18. The van der Waals surface area contributed by atoms with Gasteiger partial charge in [-0.3, -0.25) is 9.69 Å². The summed E-state index contributed by atoms with van der Waals surface area (Å²) in [6, 6.07) is 12.5. The number of nitriles is 1. The Balaban J connectivity index is 1.74. The third kappa shape index (κ3) is 3.71. The molecule has 1 saturated heterocycles. The van der Waals surface area contributed by atoms with Gasteiger partial charge in [-0.25, -0.2) is 4.98 Å². The highest BCUT2D eigenvalue weighted by atomic mass is 32.1. The molecular formula is C24H26N4OS. The summed E-state index contributed by atoms with van der Waals surface area (Å²) in [4.78, 5) is 20.2. The van der Waals surface area contributed by atoms with Crippen LogP contribution in [0.3, 0.4) is 0 Å². The molecule has 3 aromatic rings. The number of likely N-dealkylation sites (tertiary alicyclic amines) is 1. The van der Waals surface area contributed by atoms with Crippen molar-refractivity contribution in [3.8, 4) is 22.5 Å². The SMILES string of the molecule is CCC1CCC(C)N1CC(=O)c1cc(-c2nccs2)n(-c2ccc(C#N)cc2)c1C. The van der Waals surface area contributed by atoms with Crippen molar-refractivity contribution in [2.24, 2.45) is 0 Å². The number of carbonyl (C=O) groups excluding carboxylic acids is 1. The molecule has 2 atom stereocenters. The molecule has 4 rings (SSSR count). The van der Waals surface area contributed by atoms with Crippen molar-refractivity contribution in [2.75, 3.05) is 6.54 Å². The number of carbonyl (C=O) groups is 1. The van der Waals surface area contributed by atoms with Crippen LogP contribution in [0.5, 0.6) is 0 Å². The van der Waals surface area contributed by atoms with Crippen LogP contribution in [0, 0.1) is 18.3 Å². The van der Waals surface area contributed by atoms with Gasteiger partial charge in [0.1, 0.15) is 5.01 Å². The van der Waals surface area contributed by atoms with Gasteiger partial charge in [0.25, 0.3) is 0 Å². The fraction of sp³-hybridized carbons (Fsp3) is 0.375. The van der Waals surface area contributed by atoms with Crippen molar-refractivity contribution in [3.63, 3.8) is 0 Å². The van der Waals surface area contributed by atoms with Gasteiger partial charge >= 0.3 is 0 Å². The van der Waals surface area contributed by atoms with E-state index in [1.54, 1.807) is 29.7 Å². The number of Topliss-reactive ketones (excluding diaryl/α,β-unsaturated/α-hetero) is 1. The highest BCUT2D eigenvalue weighted by molar-refractivity contribution is 7.13. The van der Waals surface area contributed by atoms with E-state index >= 15 is 0 Å². The lowest BCUT2D eigenvalue weighted by Crippen LogP contribution is -2.38. The second-order valence-corrected chi connectivity index (χ2v) is 8.84. The number of ketones is 1. The minimum absolute atomic E-state index is 0.157. The van der Waals surface area contributed by atoms with Gasteiger partial charge in [0, 0.05) is 40.6 Å². The summed E-state index contributed by atoms with van der Waals surface area (Å²) in [5, 5.41) is 11.9. The highest BCUT2D eigenvalue weighted by Crippen LogP contribution is 2.32. The zero-order valence-electron chi connectivity index (χ0n) is 17.6. The first kappa shape index (κ1) is 20.5. The van der Waals surface area contributed by atoms with Gasteiger partial charge in [0.05, 0.1) is 23.9 Å². The van der Waals surface area contributed by atoms with Crippen LogP contribution < -0.4 is 0 Å². The molecule has 2 unspecified atom stereocenters. The first-order chi connectivity index (χ1) is 14.5. The minimum atomic E-state index is 0.157. The molecule has 0 bridgehead atoms. The van der Waals surface area contributed by atoms with Crippen LogP contribution in [-0.2, 0) is 0 Å². The third-order valence-corrected chi connectivity index (χ3v) is 7.00. The molecule has 2 aromatic heterocycles. The summed E-state index contributed by atoms with van der Waals surface area (Å²) >= 11 is 1.56. The molecule has 0 aliphatic carbocycles. The van der Waals surface area contributed by atoms with E-state index in [4.69, 9.17) is 5.26 Å². The zero-order valence-corrected chi connectivity index (χ0v) is 18.4. The maximum atomic E-state index is 13.4. The van der Waals surface area contributed by atoms with Crippen LogP contribution in [0.4, 0.5) is 0 Å². The first-order valence-electron chi connectivity index (χ1n) is 10.4. The zero-order chi connectivity index (χ0) is 21.3. The first-order valence-corrected chi connectivity index (χ1v) is 11.3. The lowest BCUT2D eigenvalue weighted by Gasteiger charge is -2.26. The second-order valence-electron chi connectivity index (χ2n) is 7.94. The van der Waals surface area contributed by atoms with Gasteiger partial charge in [-0.1, -0.05) is 6.92 Å².